The highest BCUT2D eigenvalue weighted by molar-refractivity contribution is 7.98. The van der Waals surface area contributed by atoms with E-state index in [0.717, 1.165) is 18.6 Å². The van der Waals surface area contributed by atoms with Gasteiger partial charge in [0.05, 0.1) is 11.1 Å². The zero-order valence-electron chi connectivity index (χ0n) is 13.9. The van der Waals surface area contributed by atoms with Gasteiger partial charge in [-0.1, -0.05) is 11.6 Å². The summed E-state index contributed by atoms with van der Waals surface area (Å²) in [4.78, 5) is 12.1. The third-order valence-corrected chi connectivity index (χ3v) is 6.88. The Morgan fingerprint density at radius 3 is 2.64 bits per heavy atom. The van der Waals surface area contributed by atoms with Crippen LogP contribution in [0.25, 0.3) is 0 Å². The standard InChI is InChI=1S/C15H22ClN3O3S2.ClH/c1-23-9-6-13(17)15(20)18-11-4-5-12(16)14(10-11)24(21,22)19-7-2-3-8-19;/h4-5,10,13H,2-3,6-9,17H2,1H3,(H,18,20);1H/t13-;/m0./s1. The third-order valence-electron chi connectivity index (χ3n) is 3.85. The van der Waals surface area contributed by atoms with Crippen LogP contribution in [0.1, 0.15) is 19.3 Å². The quantitative estimate of drug-likeness (QED) is 0.697. The van der Waals surface area contributed by atoms with Gasteiger partial charge in [-0.05, 0) is 49.5 Å². The monoisotopic (exact) mass is 427 g/mol. The average Bonchev–Trinajstić information content (AvgIpc) is 3.09. The van der Waals surface area contributed by atoms with Crippen LogP contribution in [0.4, 0.5) is 5.69 Å². The molecule has 0 unspecified atom stereocenters. The van der Waals surface area contributed by atoms with E-state index >= 15 is 0 Å². The number of hydrogen-bond acceptors (Lipinski definition) is 5. The molecule has 0 saturated carbocycles. The maximum atomic E-state index is 12.7. The van der Waals surface area contributed by atoms with Crippen LogP contribution < -0.4 is 11.1 Å². The first-order chi connectivity index (χ1) is 11.4. The Balaban J connectivity index is 0.00000312. The van der Waals surface area contributed by atoms with Crippen LogP contribution in [0.2, 0.25) is 5.02 Å². The van der Waals surface area contributed by atoms with Crippen molar-refractivity contribution in [2.75, 3.05) is 30.4 Å². The van der Waals surface area contributed by atoms with Gasteiger partial charge in [-0.3, -0.25) is 4.79 Å². The number of thioether (sulfide) groups is 1. The molecule has 1 amide bonds. The molecule has 1 aromatic carbocycles. The van der Waals surface area contributed by atoms with Gasteiger partial charge in [0.15, 0.2) is 0 Å². The molecule has 1 fully saturated rings. The highest BCUT2D eigenvalue weighted by atomic mass is 35.5. The number of halogens is 2. The van der Waals surface area contributed by atoms with Gasteiger partial charge in [0.25, 0.3) is 0 Å². The van der Waals surface area contributed by atoms with Crippen LogP contribution in [-0.4, -0.2) is 49.8 Å². The number of carbonyl (C=O) groups excluding carboxylic acids is 1. The molecule has 0 aliphatic carbocycles. The molecule has 6 nitrogen and oxygen atoms in total. The number of nitrogens with zero attached hydrogens (tertiary/aromatic N) is 1. The summed E-state index contributed by atoms with van der Waals surface area (Å²) in [6.07, 6.45) is 4.19. The van der Waals surface area contributed by atoms with Crippen LogP contribution in [0.3, 0.4) is 0 Å². The number of rotatable bonds is 7. The molecular formula is C15H23Cl2N3O3S2. The Morgan fingerprint density at radius 2 is 2.04 bits per heavy atom. The number of carbonyl (C=O) groups is 1. The number of nitrogens with two attached hydrogens (primary N) is 1. The van der Waals surface area contributed by atoms with Gasteiger partial charge in [-0.2, -0.15) is 16.1 Å². The second-order valence-corrected chi connectivity index (χ2v) is 8.93. The Kier molecular flexibility index (Phi) is 9.00. The van der Waals surface area contributed by atoms with Gasteiger partial charge >= 0.3 is 0 Å². The van der Waals surface area contributed by atoms with Crippen LogP contribution >= 0.6 is 35.8 Å². The third kappa shape index (κ3) is 5.74. The number of benzene rings is 1. The van der Waals surface area contributed by atoms with E-state index in [2.05, 4.69) is 5.32 Å². The summed E-state index contributed by atoms with van der Waals surface area (Å²) in [5.74, 6) is 0.444. The summed E-state index contributed by atoms with van der Waals surface area (Å²) in [6.45, 7) is 0.990. The average molecular weight is 428 g/mol. The van der Waals surface area contributed by atoms with Gasteiger partial charge in [-0.15, -0.1) is 12.4 Å². The van der Waals surface area contributed by atoms with Crippen LogP contribution in [-0.2, 0) is 14.8 Å². The number of anilines is 1. The normalized spacial score (nSPS) is 16.3. The zero-order chi connectivity index (χ0) is 17.7. The number of amides is 1. The molecule has 1 aromatic rings. The molecule has 142 valence electrons. The lowest BCUT2D eigenvalue weighted by Crippen LogP contribution is -2.36. The number of sulfonamides is 1. The minimum Gasteiger partial charge on any atom is -0.325 e. The molecule has 1 saturated heterocycles. The maximum Gasteiger partial charge on any atom is 0.244 e. The molecule has 1 aliphatic rings. The number of hydrogen-bond donors (Lipinski definition) is 2. The van der Waals surface area contributed by atoms with Crippen molar-refractivity contribution < 1.29 is 13.2 Å². The van der Waals surface area contributed by atoms with Crippen molar-refractivity contribution in [3.05, 3.63) is 23.2 Å². The summed E-state index contributed by atoms with van der Waals surface area (Å²) in [5, 5.41) is 2.81. The lowest BCUT2D eigenvalue weighted by molar-refractivity contribution is -0.117. The molecular weight excluding hydrogens is 405 g/mol. The maximum absolute atomic E-state index is 12.7. The van der Waals surface area contributed by atoms with Crippen molar-refractivity contribution in [1.82, 2.24) is 4.31 Å². The predicted octanol–water partition coefficient (Wildman–Crippen LogP) is 2.57. The Hall–Kier alpha value is -0.510. The van der Waals surface area contributed by atoms with Crippen molar-refractivity contribution >= 4 is 57.4 Å². The minimum atomic E-state index is -3.65. The van der Waals surface area contributed by atoms with Crippen molar-refractivity contribution in [2.45, 2.75) is 30.2 Å². The van der Waals surface area contributed by atoms with Crippen molar-refractivity contribution in [1.29, 1.82) is 0 Å². The minimum absolute atomic E-state index is 0. The summed E-state index contributed by atoms with van der Waals surface area (Å²) in [5.41, 5.74) is 6.20. The van der Waals surface area contributed by atoms with E-state index in [9.17, 15) is 13.2 Å². The van der Waals surface area contributed by atoms with Gasteiger partial charge in [-0.25, -0.2) is 8.42 Å². The Bertz CT molecular complexity index is 695. The lowest BCUT2D eigenvalue weighted by Gasteiger charge is -2.18. The van der Waals surface area contributed by atoms with Crippen LogP contribution in [0.5, 0.6) is 0 Å². The fraction of sp³-hybridized carbons (Fsp3) is 0.533. The van der Waals surface area contributed by atoms with E-state index in [4.69, 9.17) is 17.3 Å². The summed E-state index contributed by atoms with van der Waals surface area (Å²) in [7, 11) is -3.65. The first-order valence-corrected chi connectivity index (χ1v) is 10.9. The zero-order valence-corrected chi connectivity index (χ0v) is 17.1. The Labute approximate surface area is 164 Å². The van der Waals surface area contributed by atoms with Crippen molar-refractivity contribution in [3.63, 3.8) is 0 Å². The second kappa shape index (κ2) is 9.99. The molecule has 10 heteroatoms. The molecule has 3 N–H and O–H groups in total. The number of nitrogens with one attached hydrogen (secondary N) is 1. The highest BCUT2D eigenvalue weighted by Crippen LogP contribution is 2.29. The van der Waals surface area contributed by atoms with Gasteiger partial charge < -0.3 is 11.1 Å². The summed E-state index contributed by atoms with van der Waals surface area (Å²) < 4.78 is 26.8. The molecule has 2 rings (SSSR count). The molecule has 1 atom stereocenters. The predicted molar refractivity (Wildman–Crippen MR) is 106 cm³/mol. The smallest absolute Gasteiger partial charge is 0.244 e. The van der Waals surface area contributed by atoms with E-state index in [0.29, 0.717) is 25.2 Å². The molecule has 0 radical (unpaired) electrons. The van der Waals surface area contributed by atoms with E-state index < -0.39 is 16.1 Å². The van der Waals surface area contributed by atoms with Crippen molar-refractivity contribution in [3.8, 4) is 0 Å². The van der Waals surface area contributed by atoms with E-state index in [-0.39, 0.29) is 28.2 Å². The van der Waals surface area contributed by atoms with E-state index in [1.807, 2.05) is 6.26 Å². The molecule has 0 bridgehead atoms. The van der Waals surface area contributed by atoms with Gasteiger partial charge in [0.2, 0.25) is 15.9 Å². The Morgan fingerprint density at radius 1 is 1.40 bits per heavy atom. The summed E-state index contributed by atoms with van der Waals surface area (Å²) >= 11 is 7.69. The fourth-order valence-corrected chi connectivity index (χ4v) is 4.96. The largest absolute Gasteiger partial charge is 0.325 e. The van der Waals surface area contributed by atoms with Crippen LogP contribution in [0.15, 0.2) is 23.1 Å². The summed E-state index contributed by atoms with van der Waals surface area (Å²) in [6, 6.07) is 3.82. The lowest BCUT2D eigenvalue weighted by atomic mass is 10.2. The molecule has 0 spiro atoms. The first-order valence-electron chi connectivity index (χ1n) is 7.71. The topological polar surface area (TPSA) is 92.5 Å². The van der Waals surface area contributed by atoms with Crippen molar-refractivity contribution in [2.24, 2.45) is 5.73 Å². The fourth-order valence-electron chi connectivity index (χ4n) is 2.46. The second-order valence-electron chi connectivity index (χ2n) is 5.63. The molecule has 0 aromatic heterocycles. The van der Waals surface area contributed by atoms with E-state index in [1.165, 1.54) is 16.4 Å². The SMILES string of the molecule is CSCC[C@H](N)C(=O)Nc1ccc(Cl)c(S(=O)(=O)N2CCCC2)c1.Cl. The molecule has 1 heterocycles. The van der Waals surface area contributed by atoms with Crippen LogP contribution in [0, 0.1) is 0 Å². The van der Waals surface area contributed by atoms with E-state index in [1.54, 1.807) is 17.8 Å². The van der Waals surface area contributed by atoms with Gasteiger partial charge in [0, 0.05) is 18.8 Å². The molecule has 25 heavy (non-hydrogen) atoms. The first kappa shape index (κ1) is 22.5. The molecule has 1 aliphatic heterocycles. The highest BCUT2D eigenvalue weighted by Gasteiger charge is 2.29. The van der Waals surface area contributed by atoms with Gasteiger partial charge in [0.1, 0.15) is 4.90 Å².